The van der Waals surface area contributed by atoms with Crippen molar-refractivity contribution in [1.29, 1.82) is 0 Å². The van der Waals surface area contributed by atoms with E-state index in [0.29, 0.717) is 27.9 Å². The van der Waals surface area contributed by atoms with Gasteiger partial charge in [0, 0.05) is 21.8 Å². The zero-order valence-corrected chi connectivity index (χ0v) is 11.6. The van der Waals surface area contributed by atoms with Crippen molar-refractivity contribution in [2.75, 3.05) is 5.73 Å². The first kappa shape index (κ1) is 13.0. The maximum Gasteiger partial charge on any atom is 0.195 e. The van der Waals surface area contributed by atoms with Gasteiger partial charge in [-0.15, -0.1) is 0 Å². The number of hydrogen-bond acceptors (Lipinski definition) is 3. The molecule has 20 heavy (non-hydrogen) atoms. The summed E-state index contributed by atoms with van der Waals surface area (Å²) >= 11 is 5.85. The molecule has 1 aliphatic carbocycles. The molecular weight excluding hydrogens is 274 g/mol. The highest BCUT2D eigenvalue weighted by atomic mass is 35.5. The van der Waals surface area contributed by atoms with Crippen molar-refractivity contribution in [2.45, 2.75) is 18.9 Å². The van der Waals surface area contributed by atoms with Crippen LogP contribution in [0.4, 0.5) is 5.69 Å². The smallest absolute Gasteiger partial charge is 0.195 e. The van der Waals surface area contributed by atoms with Gasteiger partial charge in [-0.1, -0.05) is 23.7 Å². The maximum atomic E-state index is 12.5. The number of rotatable bonds is 4. The fourth-order valence-corrected chi connectivity index (χ4v) is 2.17. The van der Waals surface area contributed by atoms with E-state index < -0.39 is 0 Å². The Kier molecular flexibility index (Phi) is 3.36. The Hall–Kier alpha value is -2.00. The van der Waals surface area contributed by atoms with E-state index >= 15 is 0 Å². The van der Waals surface area contributed by atoms with Gasteiger partial charge in [0.1, 0.15) is 5.75 Å². The average Bonchev–Trinajstić information content (AvgIpc) is 3.22. The second-order valence-corrected chi connectivity index (χ2v) is 5.34. The zero-order valence-electron chi connectivity index (χ0n) is 10.8. The van der Waals surface area contributed by atoms with Crippen molar-refractivity contribution in [3.8, 4) is 5.75 Å². The second kappa shape index (κ2) is 5.17. The lowest BCUT2D eigenvalue weighted by Gasteiger charge is -2.08. The molecule has 2 aromatic carbocycles. The van der Waals surface area contributed by atoms with Crippen LogP contribution in [-0.2, 0) is 0 Å². The van der Waals surface area contributed by atoms with Crippen LogP contribution in [0.1, 0.15) is 28.8 Å². The van der Waals surface area contributed by atoms with Crippen LogP contribution in [-0.4, -0.2) is 11.9 Å². The number of ketones is 1. The number of anilines is 1. The number of nitrogen functional groups attached to an aromatic ring is 1. The van der Waals surface area contributed by atoms with E-state index in [9.17, 15) is 4.79 Å². The molecule has 0 saturated heterocycles. The number of benzene rings is 2. The number of halogens is 1. The standard InChI is InChI=1S/C16H14ClNO2/c17-11-4-7-14(15(18)9-11)16(19)10-2-1-3-13(8-10)20-12-5-6-12/h1-4,7-9,12H,5-6,18H2. The molecule has 1 saturated carbocycles. The van der Waals surface area contributed by atoms with E-state index in [0.717, 1.165) is 18.6 Å². The van der Waals surface area contributed by atoms with Crippen molar-refractivity contribution >= 4 is 23.1 Å². The molecular formula is C16H14ClNO2. The van der Waals surface area contributed by atoms with Gasteiger partial charge in [0.15, 0.2) is 5.78 Å². The monoisotopic (exact) mass is 287 g/mol. The summed E-state index contributed by atoms with van der Waals surface area (Å²) in [5.74, 6) is 0.603. The molecule has 2 aromatic rings. The highest BCUT2D eigenvalue weighted by Crippen LogP contribution is 2.28. The first-order chi connectivity index (χ1) is 9.63. The quantitative estimate of drug-likeness (QED) is 0.689. The van der Waals surface area contributed by atoms with Crippen LogP contribution in [0.5, 0.6) is 5.75 Å². The normalized spacial score (nSPS) is 14.1. The molecule has 1 aliphatic rings. The number of hydrogen-bond donors (Lipinski definition) is 1. The van der Waals surface area contributed by atoms with Gasteiger partial charge >= 0.3 is 0 Å². The number of carbonyl (C=O) groups is 1. The number of carbonyl (C=O) groups excluding carboxylic acids is 1. The summed E-state index contributed by atoms with van der Waals surface area (Å²) in [7, 11) is 0. The lowest BCUT2D eigenvalue weighted by atomic mass is 10.0. The SMILES string of the molecule is Nc1cc(Cl)ccc1C(=O)c1cccc(OC2CC2)c1. The molecule has 1 fully saturated rings. The number of nitrogens with two attached hydrogens (primary N) is 1. The summed E-state index contributed by atoms with van der Waals surface area (Å²) in [4.78, 5) is 12.5. The molecule has 0 bridgehead atoms. The molecule has 0 unspecified atom stereocenters. The van der Waals surface area contributed by atoms with Gasteiger partial charge in [-0.05, 0) is 43.2 Å². The third-order valence-electron chi connectivity index (χ3n) is 3.18. The van der Waals surface area contributed by atoms with Crippen LogP contribution in [0, 0.1) is 0 Å². The first-order valence-electron chi connectivity index (χ1n) is 6.50. The summed E-state index contributed by atoms with van der Waals surface area (Å²) in [5.41, 5.74) is 7.26. The minimum atomic E-state index is -0.125. The fraction of sp³-hybridized carbons (Fsp3) is 0.188. The molecule has 4 heteroatoms. The van der Waals surface area contributed by atoms with Gasteiger partial charge in [0.25, 0.3) is 0 Å². The van der Waals surface area contributed by atoms with E-state index in [2.05, 4.69) is 0 Å². The summed E-state index contributed by atoms with van der Waals surface area (Å²) in [6.07, 6.45) is 2.48. The Labute approximate surface area is 122 Å². The van der Waals surface area contributed by atoms with Crippen molar-refractivity contribution in [3.05, 3.63) is 58.6 Å². The lowest BCUT2D eigenvalue weighted by molar-refractivity contribution is 0.103. The van der Waals surface area contributed by atoms with Crippen LogP contribution < -0.4 is 10.5 Å². The van der Waals surface area contributed by atoms with Gasteiger partial charge in [0.05, 0.1) is 6.10 Å². The predicted molar refractivity (Wildman–Crippen MR) is 79.4 cm³/mol. The van der Waals surface area contributed by atoms with Gasteiger partial charge in [-0.3, -0.25) is 4.79 Å². The predicted octanol–water partition coefficient (Wildman–Crippen LogP) is 3.69. The Morgan fingerprint density at radius 3 is 2.70 bits per heavy atom. The van der Waals surface area contributed by atoms with Gasteiger partial charge in [-0.2, -0.15) is 0 Å². The van der Waals surface area contributed by atoms with Gasteiger partial charge in [-0.25, -0.2) is 0 Å². The molecule has 0 aromatic heterocycles. The Morgan fingerprint density at radius 2 is 2.00 bits per heavy atom. The summed E-state index contributed by atoms with van der Waals surface area (Å²) in [6, 6.07) is 12.1. The Balaban J connectivity index is 1.89. The molecule has 3 nitrogen and oxygen atoms in total. The number of ether oxygens (including phenoxy) is 1. The summed E-state index contributed by atoms with van der Waals surface area (Å²) < 4.78 is 5.70. The minimum Gasteiger partial charge on any atom is -0.490 e. The molecule has 0 radical (unpaired) electrons. The van der Waals surface area contributed by atoms with Crippen LogP contribution in [0.2, 0.25) is 5.02 Å². The van der Waals surface area contributed by atoms with Crippen molar-refractivity contribution in [3.63, 3.8) is 0 Å². The molecule has 0 aliphatic heterocycles. The molecule has 0 spiro atoms. The largest absolute Gasteiger partial charge is 0.490 e. The third-order valence-corrected chi connectivity index (χ3v) is 3.42. The zero-order chi connectivity index (χ0) is 14.1. The average molecular weight is 288 g/mol. The highest BCUT2D eigenvalue weighted by Gasteiger charge is 2.23. The topological polar surface area (TPSA) is 52.3 Å². The molecule has 0 atom stereocenters. The van der Waals surface area contributed by atoms with Crippen LogP contribution >= 0.6 is 11.6 Å². The van der Waals surface area contributed by atoms with E-state index in [4.69, 9.17) is 22.1 Å². The van der Waals surface area contributed by atoms with E-state index in [1.807, 2.05) is 12.1 Å². The molecule has 0 amide bonds. The van der Waals surface area contributed by atoms with Crippen LogP contribution in [0.25, 0.3) is 0 Å². The minimum absolute atomic E-state index is 0.125. The van der Waals surface area contributed by atoms with Crippen LogP contribution in [0.15, 0.2) is 42.5 Å². The summed E-state index contributed by atoms with van der Waals surface area (Å²) in [6.45, 7) is 0. The first-order valence-corrected chi connectivity index (χ1v) is 6.88. The van der Waals surface area contributed by atoms with E-state index in [1.54, 1.807) is 30.3 Å². The molecule has 102 valence electrons. The highest BCUT2D eigenvalue weighted by molar-refractivity contribution is 6.31. The second-order valence-electron chi connectivity index (χ2n) is 4.91. The van der Waals surface area contributed by atoms with Crippen molar-refractivity contribution < 1.29 is 9.53 Å². The Morgan fingerprint density at radius 1 is 1.20 bits per heavy atom. The fourth-order valence-electron chi connectivity index (χ4n) is 1.98. The molecule has 3 rings (SSSR count). The molecule has 0 heterocycles. The lowest BCUT2D eigenvalue weighted by Crippen LogP contribution is -2.06. The maximum absolute atomic E-state index is 12.5. The van der Waals surface area contributed by atoms with Gasteiger partial charge < -0.3 is 10.5 Å². The Bertz CT molecular complexity index is 665. The van der Waals surface area contributed by atoms with Gasteiger partial charge in [0.2, 0.25) is 0 Å². The van der Waals surface area contributed by atoms with Crippen molar-refractivity contribution in [2.24, 2.45) is 0 Å². The third kappa shape index (κ3) is 2.78. The van der Waals surface area contributed by atoms with Crippen molar-refractivity contribution in [1.82, 2.24) is 0 Å². The summed E-state index contributed by atoms with van der Waals surface area (Å²) in [5, 5.41) is 0.518. The van der Waals surface area contributed by atoms with E-state index in [-0.39, 0.29) is 5.78 Å². The van der Waals surface area contributed by atoms with Crippen LogP contribution in [0.3, 0.4) is 0 Å². The molecule has 2 N–H and O–H groups in total. The van der Waals surface area contributed by atoms with E-state index in [1.165, 1.54) is 0 Å².